The van der Waals surface area contributed by atoms with Crippen molar-refractivity contribution >= 4 is 21.4 Å². The lowest BCUT2D eigenvalue weighted by Crippen LogP contribution is -2.37. The molecule has 0 radical (unpaired) electrons. The summed E-state index contributed by atoms with van der Waals surface area (Å²) in [4.78, 5) is 11.6. The normalized spacial score (nSPS) is 13.1. The van der Waals surface area contributed by atoms with Crippen LogP contribution in [0, 0.1) is 0 Å². The van der Waals surface area contributed by atoms with Gasteiger partial charge < -0.3 is 11.1 Å². The van der Waals surface area contributed by atoms with Gasteiger partial charge in [0.15, 0.2) is 9.84 Å². The lowest BCUT2D eigenvalue weighted by atomic mass is 10.3. The Bertz CT molecular complexity index is 494. The number of nitrogen functional groups attached to an aromatic ring is 1. The zero-order chi connectivity index (χ0) is 13.1. The van der Waals surface area contributed by atoms with Crippen molar-refractivity contribution in [3.05, 3.63) is 24.3 Å². The first-order valence-corrected chi connectivity index (χ1v) is 6.81. The van der Waals surface area contributed by atoms with Gasteiger partial charge in [0.05, 0.1) is 4.90 Å². The Morgan fingerprint density at radius 3 is 2.35 bits per heavy atom. The summed E-state index contributed by atoms with van der Waals surface area (Å²) in [5, 5.41) is 1.38. The molecule has 5 nitrogen and oxygen atoms in total. The fourth-order valence-corrected chi connectivity index (χ4v) is 2.61. The predicted octanol–water partition coefficient (Wildman–Crippen LogP) is 0.567. The molecule has 0 fully saturated rings. The molecule has 6 heteroatoms. The van der Waals surface area contributed by atoms with Gasteiger partial charge in [-0.1, -0.05) is 0 Å². The molecule has 0 heterocycles. The molecule has 0 bridgehead atoms. The number of carbonyl (C=O) groups is 1. The number of amides is 1. The van der Waals surface area contributed by atoms with Crippen LogP contribution >= 0.6 is 0 Å². The standard InChI is InChI=1S/C11H16N2O3S/c1-3-13-11(14)8(2)17(15,16)10-6-4-9(12)5-7-10/h4-8H,3,12H2,1-2H3,(H,13,14). The molecule has 0 saturated carbocycles. The molecule has 0 aliphatic carbocycles. The molecule has 0 spiro atoms. The summed E-state index contributed by atoms with van der Waals surface area (Å²) in [5.41, 5.74) is 5.96. The van der Waals surface area contributed by atoms with Crippen LogP contribution in [0.15, 0.2) is 29.2 Å². The lowest BCUT2D eigenvalue weighted by Gasteiger charge is -2.12. The average molecular weight is 256 g/mol. The van der Waals surface area contributed by atoms with Gasteiger partial charge >= 0.3 is 0 Å². The van der Waals surface area contributed by atoms with E-state index in [1.54, 1.807) is 6.92 Å². The Morgan fingerprint density at radius 1 is 1.35 bits per heavy atom. The van der Waals surface area contributed by atoms with Crippen molar-refractivity contribution in [2.24, 2.45) is 0 Å². The average Bonchev–Trinajstić information content (AvgIpc) is 2.29. The quantitative estimate of drug-likeness (QED) is 0.771. The highest BCUT2D eigenvalue weighted by Crippen LogP contribution is 2.17. The first-order valence-electron chi connectivity index (χ1n) is 5.26. The van der Waals surface area contributed by atoms with Gasteiger partial charge in [0.1, 0.15) is 5.25 Å². The van der Waals surface area contributed by atoms with E-state index in [0.717, 1.165) is 0 Å². The molecular formula is C11H16N2O3S. The Balaban J connectivity index is 3.03. The number of nitrogens with one attached hydrogen (secondary N) is 1. The Kier molecular flexibility index (Phi) is 4.11. The highest BCUT2D eigenvalue weighted by molar-refractivity contribution is 7.92. The van der Waals surface area contributed by atoms with Gasteiger partial charge in [0.25, 0.3) is 0 Å². The van der Waals surface area contributed by atoms with E-state index in [-0.39, 0.29) is 4.90 Å². The third kappa shape index (κ3) is 2.97. The number of hydrogen-bond donors (Lipinski definition) is 2. The second kappa shape index (κ2) is 5.18. The van der Waals surface area contributed by atoms with Crippen LogP contribution in [0.25, 0.3) is 0 Å². The molecule has 17 heavy (non-hydrogen) atoms. The zero-order valence-corrected chi connectivity index (χ0v) is 10.6. The van der Waals surface area contributed by atoms with E-state index in [0.29, 0.717) is 12.2 Å². The van der Waals surface area contributed by atoms with Crippen LogP contribution in [0.3, 0.4) is 0 Å². The summed E-state index contributed by atoms with van der Waals surface area (Å²) in [6, 6.07) is 5.80. The molecule has 0 saturated heterocycles. The Hall–Kier alpha value is -1.56. The summed E-state index contributed by atoms with van der Waals surface area (Å²) >= 11 is 0. The van der Waals surface area contributed by atoms with E-state index < -0.39 is 21.0 Å². The third-order valence-electron chi connectivity index (χ3n) is 2.39. The van der Waals surface area contributed by atoms with Gasteiger partial charge in [-0.15, -0.1) is 0 Å². The molecule has 0 aromatic heterocycles. The zero-order valence-electron chi connectivity index (χ0n) is 9.80. The van der Waals surface area contributed by atoms with Crippen molar-refractivity contribution in [3.63, 3.8) is 0 Å². The fraction of sp³-hybridized carbons (Fsp3) is 0.364. The predicted molar refractivity (Wildman–Crippen MR) is 66.2 cm³/mol. The molecule has 1 aromatic carbocycles. The maximum Gasteiger partial charge on any atom is 0.238 e. The Labute approximate surface area is 101 Å². The number of benzene rings is 1. The van der Waals surface area contributed by atoms with Gasteiger partial charge in [0, 0.05) is 12.2 Å². The van der Waals surface area contributed by atoms with Crippen LogP contribution in [0.1, 0.15) is 13.8 Å². The summed E-state index contributed by atoms with van der Waals surface area (Å²) < 4.78 is 24.1. The topological polar surface area (TPSA) is 89.3 Å². The maximum absolute atomic E-state index is 12.1. The monoisotopic (exact) mass is 256 g/mol. The number of nitrogens with two attached hydrogens (primary N) is 1. The van der Waals surface area contributed by atoms with Crippen LogP contribution in [0.2, 0.25) is 0 Å². The van der Waals surface area contributed by atoms with Crippen molar-refractivity contribution in [2.75, 3.05) is 12.3 Å². The van der Waals surface area contributed by atoms with Gasteiger partial charge in [-0.2, -0.15) is 0 Å². The van der Waals surface area contributed by atoms with Gasteiger partial charge in [0.2, 0.25) is 5.91 Å². The highest BCUT2D eigenvalue weighted by Gasteiger charge is 2.29. The van der Waals surface area contributed by atoms with Crippen LogP contribution < -0.4 is 11.1 Å². The van der Waals surface area contributed by atoms with Gasteiger partial charge in [-0.05, 0) is 38.1 Å². The van der Waals surface area contributed by atoms with E-state index >= 15 is 0 Å². The van der Waals surface area contributed by atoms with Crippen LogP contribution in [-0.4, -0.2) is 26.1 Å². The number of anilines is 1. The van der Waals surface area contributed by atoms with Gasteiger partial charge in [-0.25, -0.2) is 8.42 Å². The molecule has 1 unspecified atom stereocenters. The maximum atomic E-state index is 12.1. The first kappa shape index (κ1) is 13.5. The first-order chi connectivity index (χ1) is 7.89. The summed E-state index contributed by atoms with van der Waals surface area (Å²) in [6.45, 7) is 3.51. The van der Waals surface area contributed by atoms with Crippen LogP contribution in [0.4, 0.5) is 5.69 Å². The number of carbonyl (C=O) groups excluding carboxylic acids is 1. The van der Waals surface area contributed by atoms with Crippen molar-refractivity contribution < 1.29 is 13.2 Å². The fourth-order valence-electron chi connectivity index (χ4n) is 1.32. The molecule has 1 amide bonds. The number of rotatable bonds is 4. The van der Waals surface area contributed by atoms with E-state index in [2.05, 4.69) is 5.32 Å². The molecule has 1 atom stereocenters. The van der Waals surface area contributed by atoms with Gasteiger partial charge in [-0.3, -0.25) is 4.79 Å². The summed E-state index contributed by atoms with van der Waals surface area (Å²) in [6.07, 6.45) is 0. The molecule has 1 rings (SSSR count). The smallest absolute Gasteiger partial charge is 0.238 e. The highest BCUT2D eigenvalue weighted by atomic mass is 32.2. The molecule has 3 N–H and O–H groups in total. The summed E-state index contributed by atoms with van der Waals surface area (Å²) in [7, 11) is -3.64. The van der Waals surface area contributed by atoms with Crippen LogP contribution in [-0.2, 0) is 14.6 Å². The number of sulfone groups is 1. The van der Waals surface area contributed by atoms with Crippen molar-refractivity contribution in [1.82, 2.24) is 5.32 Å². The van der Waals surface area contributed by atoms with Crippen molar-refractivity contribution in [1.29, 1.82) is 0 Å². The number of hydrogen-bond acceptors (Lipinski definition) is 4. The van der Waals surface area contributed by atoms with E-state index in [1.807, 2.05) is 0 Å². The minimum Gasteiger partial charge on any atom is -0.399 e. The van der Waals surface area contributed by atoms with E-state index in [9.17, 15) is 13.2 Å². The van der Waals surface area contributed by atoms with Crippen LogP contribution in [0.5, 0.6) is 0 Å². The molecule has 0 aliphatic rings. The largest absolute Gasteiger partial charge is 0.399 e. The third-order valence-corrected chi connectivity index (χ3v) is 4.47. The SMILES string of the molecule is CCNC(=O)C(C)S(=O)(=O)c1ccc(N)cc1. The molecular weight excluding hydrogens is 240 g/mol. The lowest BCUT2D eigenvalue weighted by molar-refractivity contribution is -0.120. The molecule has 0 aliphatic heterocycles. The Morgan fingerprint density at radius 2 is 1.88 bits per heavy atom. The van der Waals surface area contributed by atoms with E-state index in [4.69, 9.17) is 5.73 Å². The minimum absolute atomic E-state index is 0.102. The second-order valence-corrected chi connectivity index (χ2v) is 5.92. The van der Waals surface area contributed by atoms with Crippen molar-refractivity contribution in [3.8, 4) is 0 Å². The summed E-state index contributed by atoms with van der Waals surface area (Å²) in [5.74, 6) is -0.496. The van der Waals surface area contributed by atoms with Crippen molar-refractivity contribution in [2.45, 2.75) is 24.0 Å². The molecule has 1 aromatic rings. The minimum atomic E-state index is -3.64. The molecule has 94 valence electrons. The van der Waals surface area contributed by atoms with E-state index in [1.165, 1.54) is 31.2 Å². The second-order valence-electron chi connectivity index (χ2n) is 3.65.